The van der Waals surface area contributed by atoms with E-state index in [-0.39, 0.29) is 5.82 Å². The molecule has 3 heteroatoms. The normalized spacial score (nSPS) is 22.6. The Morgan fingerprint density at radius 3 is 2.84 bits per heavy atom. The first-order chi connectivity index (χ1) is 9.20. The maximum Gasteiger partial charge on any atom is 0.141 e. The number of hydrogen-bond donors (Lipinski definition) is 1. The molecule has 2 aromatic rings. The average Bonchev–Trinajstić information content (AvgIpc) is 2.60. The minimum absolute atomic E-state index is 0.330. The standard InChI is InChI=1S/C16H17FN2/c17-14-9-13(10-19-11-14)16(18)8-4-3-6-12-5-1-2-7-15(12)16/h1-2,5,7,9-11H,3-4,6,8,18H2. The van der Waals surface area contributed by atoms with Gasteiger partial charge in [-0.15, -0.1) is 0 Å². The molecule has 1 atom stereocenters. The molecule has 3 rings (SSSR count). The number of rotatable bonds is 1. The predicted molar refractivity (Wildman–Crippen MR) is 73.2 cm³/mol. The van der Waals surface area contributed by atoms with Crippen molar-refractivity contribution in [1.29, 1.82) is 0 Å². The molecule has 0 saturated heterocycles. The number of aryl methyl sites for hydroxylation is 1. The van der Waals surface area contributed by atoms with Gasteiger partial charge in [0.1, 0.15) is 5.82 Å². The summed E-state index contributed by atoms with van der Waals surface area (Å²) in [5.41, 5.74) is 9.18. The number of halogens is 1. The number of pyridine rings is 1. The zero-order valence-electron chi connectivity index (χ0n) is 10.8. The first kappa shape index (κ1) is 12.3. The molecule has 0 fully saturated rings. The molecule has 0 saturated carbocycles. The lowest BCUT2D eigenvalue weighted by atomic mass is 9.80. The van der Waals surface area contributed by atoms with Gasteiger partial charge in [0, 0.05) is 6.20 Å². The summed E-state index contributed by atoms with van der Waals surface area (Å²) >= 11 is 0. The Labute approximate surface area is 112 Å². The molecular formula is C16H17FN2. The molecule has 19 heavy (non-hydrogen) atoms. The molecule has 2 nitrogen and oxygen atoms in total. The van der Waals surface area contributed by atoms with Gasteiger partial charge in [-0.05, 0) is 42.0 Å². The van der Waals surface area contributed by atoms with Gasteiger partial charge in [-0.2, -0.15) is 0 Å². The van der Waals surface area contributed by atoms with Crippen LogP contribution in [-0.2, 0) is 12.0 Å². The van der Waals surface area contributed by atoms with Crippen LogP contribution in [0.4, 0.5) is 4.39 Å². The highest BCUT2D eigenvalue weighted by Crippen LogP contribution is 2.37. The molecule has 1 unspecified atom stereocenters. The zero-order chi connectivity index (χ0) is 13.3. The van der Waals surface area contributed by atoms with Crippen LogP contribution in [0.3, 0.4) is 0 Å². The van der Waals surface area contributed by atoms with Crippen molar-refractivity contribution < 1.29 is 4.39 Å². The number of benzene rings is 1. The molecule has 0 amide bonds. The van der Waals surface area contributed by atoms with Gasteiger partial charge in [-0.1, -0.05) is 30.7 Å². The fraction of sp³-hybridized carbons (Fsp3) is 0.312. The fourth-order valence-electron chi connectivity index (χ4n) is 2.98. The van der Waals surface area contributed by atoms with Crippen LogP contribution in [-0.4, -0.2) is 4.98 Å². The molecule has 1 aliphatic rings. The van der Waals surface area contributed by atoms with Crippen molar-refractivity contribution in [3.8, 4) is 0 Å². The minimum atomic E-state index is -0.623. The van der Waals surface area contributed by atoms with Gasteiger partial charge in [0.15, 0.2) is 0 Å². The maximum absolute atomic E-state index is 13.5. The molecule has 1 aliphatic carbocycles. The topological polar surface area (TPSA) is 38.9 Å². The Kier molecular flexibility index (Phi) is 3.07. The number of fused-ring (bicyclic) bond motifs is 1. The Bertz CT molecular complexity index is 597. The van der Waals surface area contributed by atoms with Gasteiger partial charge >= 0.3 is 0 Å². The third-order valence-electron chi connectivity index (χ3n) is 3.99. The lowest BCUT2D eigenvalue weighted by Gasteiger charge is -2.30. The molecule has 2 N–H and O–H groups in total. The highest BCUT2D eigenvalue weighted by Gasteiger charge is 2.33. The molecule has 1 aromatic heterocycles. The van der Waals surface area contributed by atoms with Crippen LogP contribution in [0, 0.1) is 5.82 Å². The highest BCUT2D eigenvalue weighted by molar-refractivity contribution is 5.42. The van der Waals surface area contributed by atoms with Crippen molar-refractivity contribution in [1.82, 2.24) is 4.98 Å². The van der Waals surface area contributed by atoms with E-state index in [1.165, 1.54) is 17.8 Å². The van der Waals surface area contributed by atoms with Gasteiger partial charge in [0.05, 0.1) is 11.7 Å². The first-order valence-electron chi connectivity index (χ1n) is 6.68. The Balaban J connectivity index is 2.17. The molecule has 0 bridgehead atoms. The van der Waals surface area contributed by atoms with Crippen molar-refractivity contribution in [2.24, 2.45) is 5.73 Å². The Morgan fingerprint density at radius 1 is 1.16 bits per heavy atom. The lowest BCUT2D eigenvalue weighted by Crippen LogP contribution is -2.38. The molecule has 98 valence electrons. The summed E-state index contributed by atoms with van der Waals surface area (Å²) in [6, 6.07) is 9.72. The molecule has 0 spiro atoms. The Hall–Kier alpha value is -1.74. The second kappa shape index (κ2) is 4.74. The van der Waals surface area contributed by atoms with Crippen molar-refractivity contribution in [2.45, 2.75) is 31.2 Å². The van der Waals surface area contributed by atoms with Crippen LogP contribution in [0.15, 0.2) is 42.7 Å². The second-order valence-electron chi connectivity index (χ2n) is 5.23. The van der Waals surface area contributed by atoms with E-state index in [0.29, 0.717) is 0 Å². The smallest absolute Gasteiger partial charge is 0.141 e. The summed E-state index contributed by atoms with van der Waals surface area (Å²) in [6.45, 7) is 0. The summed E-state index contributed by atoms with van der Waals surface area (Å²) in [6.07, 6.45) is 6.94. The average molecular weight is 256 g/mol. The second-order valence-corrected chi connectivity index (χ2v) is 5.23. The van der Waals surface area contributed by atoms with Crippen LogP contribution >= 0.6 is 0 Å². The van der Waals surface area contributed by atoms with Crippen LogP contribution < -0.4 is 5.73 Å². The maximum atomic E-state index is 13.5. The van der Waals surface area contributed by atoms with E-state index in [4.69, 9.17) is 5.73 Å². The minimum Gasteiger partial charge on any atom is -0.318 e. The van der Waals surface area contributed by atoms with Crippen LogP contribution in [0.1, 0.15) is 36.0 Å². The predicted octanol–water partition coefficient (Wildman–Crippen LogP) is 3.15. The monoisotopic (exact) mass is 256 g/mol. The summed E-state index contributed by atoms with van der Waals surface area (Å²) in [4.78, 5) is 3.95. The van der Waals surface area contributed by atoms with Crippen LogP contribution in [0.5, 0.6) is 0 Å². The summed E-state index contributed by atoms with van der Waals surface area (Å²) in [5.74, 6) is -0.330. The SMILES string of the molecule is NC1(c2cncc(F)c2)CCCCc2ccccc21. The van der Waals surface area contributed by atoms with Crippen molar-refractivity contribution >= 4 is 0 Å². The van der Waals surface area contributed by atoms with Crippen molar-refractivity contribution in [2.75, 3.05) is 0 Å². The van der Waals surface area contributed by atoms with Gasteiger partial charge in [0.2, 0.25) is 0 Å². The molecular weight excluding hydrogens is 239 g/mol. The molecule has 1 aromatic carbocycles. The molecule has 1 heterocycles. The van der Waals surface area contributed by atoms with E-state index in [9.17, 15) is 4.39 Å². The van der Waals surface area contributed by atoms with Crippen LogP contribution in [0.2, 0.25) is 0 Å². The Morgan fingerprint density at radius 2 is 2.00 bits per heavy atom. The van der Waals surface area contributed by atoms with E-state index < -0.39 is 5.54 Å². The summed E-state index contributed by atoms with van der Waals surface area (Å²) in [7, 11) is 0. The molecule has 0 radical (unpaired) electrons. The zero-order valence-corrected chi connectivity index (χ0v) is 10.8. The van der Waals surface area contributed by atoms with Gasteiger partial charge in [-0.25, -0.2) is 4.39 Å². The summed E-state index contributed by atoms with van der Waals surface area (Å²) in [5, 5.41) is 0. The largest absolute Gasteiger partial charge is 0.318 e. The number of nitrogens with zero attached hydrogens (tertiary/aromatic N) is 1. The van der Waals surface area contributed by atoms with Crippen molar-refractivity contribution in [3.05, 3.63) is 65.2 Å². The van der Waals surface area contributed by atoms with Crippen LogP contribution in [0.25, 0.3) is 0 Å². The van der Waals surface area contributed by atoms with Gasteiger partial charge < -0.3 is 5.73 Å². The van der Waals surface area contributed by atoms with Gasteiger partial charge in [0.25, 0.3) is 0 Å². The first-order valence-corrected chi connectivity index (χ1v) is 6.68. The highest BCUT2D eigenvalue weighted by atomic mass is 19.1. The quantitative estimate of drug-likeness (QED) is 0.796. The van der Waals surface area contributed by atoms with E-state index in [2.05, 4.69) is 17.1 Å². The number of nitrogens with two attached hydrogens (primary N) is 1. The molecule has 0 aliphatic heterocycles. The third kappa shape index (κ3) is 2.15. The lowest BCUT2D eigenvalue weighted by molar-refractivity contribution is 0.473. The summed E-state index contributed by atoms with van der Waals surface area (Å²) < 4.78 is 13.5. The van der Waals surface area contributed by atoms with Gasteiger partial charge in [-0.3, -0.25) is 4.98 Å². The fourth-order valence-corrected chi connectivity index (χ4v) is 2.98. The van der Waals surface area contributed by atoms with E-state index in [0.717, 1.165) is 36.8 Å². The van der Waals surface area contributed by atoms with E-state index in [1.54, 1.807) is 6.20 Å². The number of aromatic nitrogens is 1. The van der Waals surface area contributed by atoms with E-state index in [1.807, 2.05) is 12.1 Å². The third-order valence-corrected chi connectivity index (χ3v) is 3.99. The van der Waals surface area contributed by atoms with E-state index >= 15 is 0 Å². The number of hydrogen-bond acceptors (Lipinski definition) is 2. The van der Waals surface area contributed by atoms with Crippen molar-refractivity contribution in [3.63, 3.8) is 0 Å².